The fraction of sp³-hybridized carbons (Fsp3) is 0.500. The molecule has 0 N–H and O–H groups in total. The second-order valence-corrected chi connectivity index (χ2v) is 9.11. The largest absolute Gasteiger partial charge is 0.368 e. The highest BCUT2D eigenvalue weighted by Gasteiger charge is 2.21. The van der Waals surface area contributed by atoms with Gasteiger partial charge in [0, 0.05) is 76.7 Å². The summed E-state index contributed by atoms with van der Waals surface area (Å²) in [5.74, 6) is 4.47. The van der Waals surface area contributed by atoms with Crippen molar-refractivity contribution >= 4 is 17.2 Å². The number of hydrogen-bond acceptors (Lipinski definition) is 5. The number of benzene rings is 1. The summed E-state index contributed by atoms with van der Waals surface area (Å²) in [7, 11) is 0. The van der Waals surface area contributed by atoms with E-state index in [0.29, 0.717) is 5.71 Å². The van der Waals surface area contributed by atoms with Gasteiger partial charge < -0.3 is 14.7 Å². The van der Waals surface area contributed by atoms with Crippen LogP contribution in [0.15, 0.2) is 47.2 Å². The maximum atomic E-state index is 5.42. The van der Waals surface area contributed by atoms with Crippen molar-refractivity contribution in [2.75, 3.05) is 58.9 Å². The van der Waals surface area contributed by atoms with Crippen LogP contribution >= 0.6 is 0 Å². The quantitative estimate of drug-likeness (QED) is 0.353. The van der Waals surface area contributed by atoms with Crippen molar-refractivity contribution in [3.8, 4) is 12.3 Å². The molecule has 0 aliphatic carbocycles. The van der Waals surface area contributed by atoms with Crippen LogP contribution in [-0.4, -0.2) is 90.0 Å². The third-order valence-corrected chi connectivity index (χ3v) is 6.77. The van der Waals surface area contributed by atoms with E-state index in [-0.39, 0.29) is 0 Å². The summed E-state index contributed by atoms with van der Waals surface area (Å²) in [6.07, 6.45) is 5.42. The van der Waals surface area contributed by atoms with Gasteiger partial charge in [0.25, 0.3) is 0 Å². The molecule has 0 radical (unpaired) electrons. The number of amidine groups is 1. The van der Waals surface area contributed by atoms with E-state index in [9.17, 15) is 0 Å². The summed E-state index contributed by atoms with van der Waals surface area (Å²) in [6.45, 7) is 26.3. The molecule has 0 amide bonds. The van der Waals surface area contributed by atoms with Gasteiger partial charge in [-0.15, -0.1) is 6.42 Å². The van der Waals surface area contributed by atoms with E-state index in [1.165, 1.54) is 16.7 Å². The minimum atomic E-state index is 0.662. The minimum Gasteiger partial charge on any atom is -0.368 e. The van der Waals surface area contributed by atoms with Crippen molar-refractivity contribution in [3.63, 3.8) is 0 Å². The molecule has 6 nitrogen and oxygen atoms in total. The summed E-state index contributed by atoms with van der Waals surface area (Å²) in [5, 5.41) is 0. The van der Waals surface area contributed by atoms with Crippen LogP contribution < -0.4 is 0 Å². The van der Waals surface area contributed by atoms with Crippen molar-refractivity contribution in [2.45, 2.75) is 34.2 Å². The summed E-state index contributed by atoms with van der Waals surface area (Å²) in [6, 6.07) is 6.83. The SMILES string of the molecule is C#C/C(C)=N/C(=C)N1CCN(C(=C)c2cc(CN3CCN(/C(C)=N/CC)CC3)ccc2C)CC1. The zero-order valence-electron chi connectivity index (χ0n) is 21.5. The summed E-state index contributed by atoms with van der Waals surface area (Å²) >= 11 is 0. The average molecular weight is 461 g/mol. The Morgan fingerprint density at radius 1 is 0.971 bits per heavy atom. The van der Waals surface area contributed by atoms with Crippen molar-refractivity contribution in [1.29, 1.82) is 0 Å². The number of aryl methyl sites for hydroxylation is 1. The number of rotatable bonds is 7. The van der Waals surface area contributed by atoms with Crippen molar-refractivity contribution in [1.82, 2.24) is 19.6 Å². The van der Waals surface area contributed by atoms with Gasteiger partial charge >= 0.3 is 0 Å². The van der Waals surface area contributed by atoms with Gasteiger partial charge in [0.05, 0.1) is 11.5 Å². The lowest BCUT2D eigenvalue weighted by molar-refractivity contribution is 0.174. The van der Waals surface area contributed by atoms with Gasteiger partial charge in [-0.1, -0.05) is 31.2 Å². The molecular formula is C28H40N6. The van der Waals surface area contributed by atoms with Gasteiger partial charge in [0.2, 0.25) is 0 Å². The van der Waals surface area contributed by atoms with Crippen molar-refractivity contribution in [3.05, 3.63) is 53.9 Å². The molecule has 2 aliphatic rings. The standard InChI is InChI=1S/C28H40N6/c1-8-23(4)30-26(7)34-18-16-32(17-19-34)24(5)28-20-27(11-10-22(28)3)21-31-12-14-33(15-13-31)25(6)29-9-2/h1,10-11,20H,5,7,9,12-19,21H2,2-4,6H3/b29-25+,30-23+. The summed E-state index contributed by atoms with van der Waals surface area (Å²) in [5.41, 5.74) is 5.63. The van der Waals surface area contributed by atoms with Crippen LogP contribution in [0.25, 0.3) is 5.70 Å². The molecule has 2 fully saturated rings. The highest BCUT2D eigenvalue weighted by atomic mass is 15.3. The molecule has 0 atom stereocenters. The minimum absolute atomic E-state index is 0.662. The van der Waals surface area contributed by atoms with E-state index in [0.717, 1.165) is 82.8 Å². The van der Waals surface area contributed by atoms with Crippen LogP contribution in [0.1, 0.15) is 37.5 Å². The Bertz CT molecular complexity index is 983. The number of aliphatic imine (C=N–C) groups is 2. The van der Waals surface area contributed by atoms with E-state index in [1.54, 1.807) is 0 Å². The van der Waals surface area contributed by atoms with E-state index < -0.39 is 0 Å². The zero-order valence-corrected chi connectivity index (χ0v) is 21.5. The Hall–Kier alpha value is -3.04. The van der Waals surface area contributed by atoms with Crippen LogP contribution in [-0.2, 0) is 6.54 Å². The van der Waals surface area contributed by atoms with Gasteiger partial charge in [0.15, 0.2) is 0 Å². The molecular weight excluding hydrogens is 420 g/mol. The average Bonchev–Trinajstić information content (AvgIpc) is 2.85. The fourth-order valence-corrected chi connectivity index (χ4v) is 4.60. The smallest absolute Gasteiger partial charge is 0.122 e. The van der Waals surface area contributed by atoms with Crippen molar-refractivity contribution in [2.24, 2.45) is 9.98 Å². The molecule has 0 spiro atoms. The lowest BCUT2D eigenvalue weighted by Gasteiger charge is -2.38. The van der Waals surface area contributed by atoms with Gasteiger partial charge in [-0.25, -0.2) is 4.99 Å². The predicted molar refractivity (Wildman–Crippen MR) is 145 cm³/mol. The molecule has 182 valence electrons. The maximum Gasteiger partial charge on any atom is 0.122 e. The predicted octanol–water partition coefficient (Wildman–Crippen LogP) is 3.70. The number of nitrogens with zero attached hydrogens (tertiary/aromatic N) is 6. The molecule has 2 aliphatic heterocycles. The summed E-state index contributed by atoms with van der Waals surface area (Å²) < 4.78 is 0. The highest BCUT2D eigenvalue weighted by molar-refractivity contribution is 5.98. The molecule has 1 aromatic rings. The first-order valence-corrected chi connectivity index (χ1v) is 12.3. The van der Waals surface area contributed by atoms with E-state index in [4.69, 9.17) is 6.42 Å². The lowest BCUT2D eigenvalue weighted by atomic mass is 10.0. The second-order valence-electron chi connectivity index (χ2n) is 9.11. The number of hydrogen-bond donors (Lipinski definition) is 0. The van der Waals surface area contributed by atoms with Gasteiger partial charge in [-0.2, -0.15) is 0 Å². The fourth-order valence-electron chi connectivity index (χ4n) is 4.60. The lowest BCUT2D eigenvalue weighted by Crippen LogP contribution is -2.47. The monoisotopic (exact) mass is 460 g/mol. The molecule has 6 heteroatoms. The number of terminal acetylenes is 1. The topological polar surface area (TPSA) is 37.7 Å². The Kier molecular flexibility index (Phi) is 8.95. The zero-order chi connectivity index (χ0) is 24.7. The van der Waals surface area contributed by atoms with E-state index >= 15 is 0 Å². The molecule has 34 heavy (non-hydrogen) atoms. The highest BCUT2D eigenvalue weighted by Crippen LogP contribution is 2.25. The van der Waals surface area contributed by atoms with Crippen LogP contribution in [0.4, 0.5) is 0 Å². The van der Waals surface area contributed by atoms with Gasteiger partial charge in [-0.05, 0) is 44.9 Å². The van der Waals surface area contributed by atoms with Crippen molar-refractivity contribution < 1.29 is 0 Å². The molecule has 2 heterocycles. The van der Waals surface area contributed by atoms with Crippen LogP contribution in [0.5, 0.6) is 0 Å². The van der Waals surface area contributed by atoms with Crippen LogP contribution in [0, 0.1) is 19.3 Å². The third kappa shape index (κ3) is 6.51. The second kappa shape index (κ2) is 11.9. The molecule has 2 saturated heterocycles. The Balaban J connectivity index is 1.58. The van der Waals surface area contributed by atoms with E-state index in [2.05, 4.69) is 87.6 Å². The first kappa shape index (κ1) is 25.6. The maximum absolute atomic E-state index is 5.42. The number of piperazine rings is 2. The molecule has 0 saturated carbocycles. The Morgan fingerprint density at radius 2 is 1.59 bits per heavy atom. The molecule has 0 unspecified atom stereocenters. The molecule has 1 aromatic carbocycles. The summed E-state index contributed by atoms with van der Waals surface area (Å²) in [4.78, 5) is 18.5. The van der Waals surface area contributed by atoms with Gasteiger partial charge in [-0.3, -0.25) is 9.89 Å². The first-order valence-electron chi connectivity index (χ1n) is 12.3. The normalized spacial score (nSPS) is 18.1. The third-order valence-electron chi connectivity index (χ3n) is 6.77. The van der Waals surface area contributed by atoms with Gasteiger partial charge in [0.1, 0.15) is 5.82 Å². The van der Waals surface area contributed by atoms with Crippen LogP contribution in [0.2, 0.25) is 0 Å². The first-order chi connectivity index (χ1) is 16.3. The molecule has 3 rings (SSSR count). The molecule has 0 bridgehead atoms. The Morgan fingerprint density at radius 3 is 2.21 bits per heavy atom. The van der Waals surface area contributed by atoms with E-state index in [1.807, 2.05) is 6.92 Å². The molecule has 0 aromatic heterocycles. The Labute approximate surface area is 206 Å². The van der Waals surface area contributed by atoms with Crippen LogP contribution in [0.3, 0.4) is 0 Å².